The summed E-state index contributed by atoms with van der Waals surface area (Å²) in [6.45, 7) is 2.76. The second-order valence-corrected chi connectivity index (χ2v) is 4.52. The van der Waals surface area contributed by atoms with Crippen LogP contribution in [0.3, 0.4) is 0 Å². The number of hydrogen-bond donors (Lipinski definition) is 1. The molecule has 98 valence electrons. The molecule has 0 saturated carbocycles. The number of hydrogen-bond acceptors (Lipinski definition) is 3. The molecule has 1 N–H and O–H groups in total. The van der Waals surface area contributed by atoms with Crippen LogP contribution < -0.4 is 5.32 Å². The van der Waals surface area contributed by atoms with Gasteiger partial charge >= 0.3 is 0 Å². The molecule has 17 heavy (non-hydrogen) atoms. The fourth-order valence-electron chi connectivity index (χ4n) is 2.79. The Kier molecular flexibility index (Phi) is 4.84. The highest BCUT2D eigenvalue weighted by Crippen LogP contribution is 2.35. The van der Waals surface area contributed by atoms with E-state index < -0.39 is 0 Å². The number of imidazole rings is 1. The standard InChI is InChI=1S/C11H17N3O.2ClH/c1-14-8-12-10-9(14)2-5-13-11(10)3-6-15-7-4-11;;/h8,13H,2-7H2,1H3;2*1H. The monoisotopic (exact) mass is 279 g/mol. The van der Waals surface area contributed by atoms with Gasteiger partial charge in [-0.1, -0.05) is 0 Å². The fraction of sp³-hybridized carbons (Fsp3) is 0.727. The normalized spacial score (nSPS) is 21.2. The van der Waals surface area contributed by atoms with Crippen LogP contribution in [0.5, 0.6) is 0 Å². The first kappa shape index (κ1) is 14.8. The molecule has 4 nitrogen and oxygen atoms in total. The molecule has 0 unspecified atom stereocenters. The molecule has 1 aromatic rings. The van der Waals surface area contributed by atoms with Crippen molar-refractivity contribution in [2.24, 2.45) is 7.05 Å². The van der Waals surface area contributed by atoms with Crippen LogP contribution in [0.15, 0.2) is 6.33 Å². The van der Waals surface area contributed by atoms with Crippen LogP contribution in [0.1, 0.15) is 24.2 Å². The number of halogens is 2. The number of ether oxygens (including phenoxy) is 1. The number of nitrogens with zero attached hydrogens (tertiary/aromatic N) is 2. The summed E-state index contributed by atoms with van der Waals surface area (Å²) < 4.78 is 7.60. The quantitative estimate of drug-likeness (QED) is 0.781. The average Bonchev–Trinajstić information content (AvgIpc) is 2.64. The number of fused-ring (bicyclic) bond motifs is 2. The van der Waals surface area contributed by atoms with Gasteiger partial charge in [0.1, 0.15) is 0 Å². The Hall–Kier alpha value is -0.290. The van der Waals surface area contributed by atoms with E-state index in [0.29, 0.717) is 0 Å². The van der Waals surface area contributed by atoms with Crippen molar-refractivity contribution in [1.29, 1.82) is 0 Å². The van der Waals surface area contributed by atoms with E-state index in [9.17, 15) is 0 Å². The van der Waals surface area contributed by atoms with Crippen molar-refractivity contribution >= 4 is 24.8 Å². The summed E-state index contributed by atoms with van der Waals surface area (Å²) in [4.78, 5) is 4.58. The molecule has 1 aromatic heterocycles. The van der Waals surface area contributed by atoms with E-state index in [1.54, 1.807) is 0 Å². The first-order valence-corrected chi connectivity index (χ1v) is 5.65. The summed E-state index contributed by atoms with van der Waals surface area (Å²) >= 11 is 0. The van der Waals surface area contributed by atoms with Crippen LogP contribution in [-0.4, -0.2) is 29.3 Å². The topological polar surface area (TPSA) is 39.1 Å². The third-order valence-electron chi connectivity index (χ3n) is 3.68. The molecule has 1 fully saturated rings. The number of nitrogens with one attached hydrogen (secondary N) is 1. The van der Waals surface area contributed by atoms with Gasteiger partial charge in [-0.25, -0.2) is 4.98 Å². The van der Waals surface area contributed by atoms with E-state index in [1.807, 2.05) is 6.33 Å². The van der Waals surface area contributed by atoms with Crippen LogP contribution in [0.4, 0.5) is 0 Å². The van der Waals surface area contributed by atoms with E-state index >= 15 is 0 Å². The summed E-state index contributed by atoms with van der Waals surface area (Å²) in [5.74, 6) is 0. The highest BCUT2D eigenvalue weighted by atomic mass is 35.5. The first-order chi connectivity index (χ1) is 7.32. The maximum atomic E-state index is 5.44. The molecule has 2 aliphatic rings. The molecule has 1 saturated heterocycles. The first-order valence-electron chi connectivity index (χ1n) is 5.65. The van der Waals surface area contributed by atoms with Crippen molar-refractivity contribution in [3.05, 3.63) is 17.7 Å². The third kappa shape index (κ3) is 2.32. The van der Waals surface area contributed by atoms with Crippen molar-refractivity contribution < 1.29 is 4.74 Å². The van der Waals surface area contributed by atoms with Gasteiger partial charge in [0.2, 0.25) is 0 Å². The molecule has 2 aliphatic heterocycles. The second kappa shape index (κ2) is 5.57. The Balaban J connectivity index is 0.000000722. The molecule has 0 aromatic carbocycles. The molecule has 3 heterocycles. The van der Waals surface area contributed by atoms with Crippen LogP contribution in [0.25, 0.3) is 0 Å². The lowest BCUT2D eigenvalue weighted by Gasteiger charge is -2.40. The van der Waals surface area contributed by atoms with Gasteiger partial charge in [0.05, 0.1) is 17.6 Å². The Morgan fingerprint density at radius 1 is 1.35 bits per heavy atom. The van der Waals surface area contributed by atoms with E-state index in [-0.39, 0.29) is 30.4 Å². The van der Waals surface area contributed by atoms with Crippen LogP contribution in [0, 0.1) is 0 Å². The Morgan fingerprint density at radius 2 is 2.06 bits per heavy atom. The Labute approximate surface area is 114 Å². The number of rotatable bonds is 0. The predicted molar refractivity (Wildman–Crippen MR) is 71.1 cm³/mol. The molecule has 0 amide bonds. The summed E-state index contributed by atoms with van der Waals surface area (Å²) in [5, 5.41) is 3.65. The molecule has 0 atom stereocenters. The lowest BCUT2D eigenvalue weighted by atomic mass is 9.82. The summed E-state index contributed by atoms with van der Waals surface area (Å²) in [5.41, 5.74) is 2.77. The van der Waals surface area contributed by atoms with Gasteiger partial charge in [-0.05, 0) is 12.8 Å². The highest BCUT2D eigenvalue weighted by molar-refractivity contribution is 5.85. The molecular formula is C11H19Cl2N3O. The SMILES string of the molecule is Cl.Cl.Cn1cnc2c1CCNC21CCOCC1. The van der Waals surface area contributed by atoms with Crippen LogP contribution >= 0.6 is 24.8 Å². The zero-order valence-electron chi connectivity index (χ0n) is 9.94. The van der Waals surface area contributed by atoms with Crippen molar-refractivity contribution in [3.8, 4) is 0 Å². The highest BCUT2D eigenvalue weighted by Gasteiger charge is 2.40. The smallest absolute Gasteiger partial charge is 0.0949 e. The van der Waals surface area contributed by atoms with E-state index in [0.717, 1.165) is 39.0 Å². The minimum atomic E-state index is 0. The minimum absolute atomic E-state index is 0. The maximum absolute atomic E-state index is 5.44. The van der Waals surface area contributed by atoms with Gasteiger partial charge in [0, 0.05) is 38.9 Å². The van der Waals surface area contributed by atoms with Crippen molar-refractivity contribution in [2.75, 3.05) is 19.8 Å². The zero-order chi connectivity index (χ0) is 10.3. The third-order valence-corrected chi connectivity index (χ3v) is 3.68. The molecular weight excluding hydrogens is 261 g/mol. The van der Waals surface area contributed by atoms with Crippen molar-refractivity contribution in [2.45, 2.75) is 24.8 Å². The Bertz CT molecular complexity index is 375. The lowest BCUT2D eigenvalue weighted by Crippen LogP contribution is -2.51. The van der Waals surface area contributed by atoms with E-state index in [4.69, 9.17) is 4.74 Å². The summed E-state index contributed by atoms with van der Waals surface area (Å²) in [6.07, 6.45) is 5.14. The van der Waals surface area contributed by atoms with Crippen LogP contribution in [-0.2, 0) is 23.7 Å². The Morgan fingerprint density at radius 3 is 2.76 bits per heavy atom. The molecule has 0 aliphatic carbocycles. The molecule has 3 rings (SSSR count). The second-order valence-electron chi connectivity index (χ2n) is 4.52. The average molecular weight is 280 g/mol. The number of aromatic nitrogens is 2. The van der Waals surface area contributed by atoms with Gasteiger partial charge in [-0.2, -0.15) is 0 Å². The summed E-state index contributed by atoms with van der Waals surface area (Å²) in [6, 6.07) is 0. The van der Waals surface area contributed by atoms with Crippen molar-refractivity contribution in [1.82, 2.24) is 14.9 Å². The molecule has 0 radical (unpaired) electrons. The molecule has 0 bridgehead atoms. The van der Waals surface area contributed by atoms with Gasteiger partial charge in [-0.15, -0.1) is 24.8 Å². The van der Waals surface area contributed by atoms with Gasteiger partial charge in [0.15, 0.2) is 0 Å². The zero-order valence-corrected chi connectivity index (χ0v) is 11.6. The van der Waals surface area contributed by atoms with Gasteiger partial charge in [0.25, 0.3) is 0 Å². The lowest BCUT2D eigenvalue weighted by molar-refractivity contribution is 0.0322. The maximum Gasteiger partial charge on any atom is 0.0949 e. The predicted octanol–water partition coefficient (Wildman–Crippen LogP) is 1.42. The number of aryl methyl sites for hydroxylation is 1. The largest absolute Gasteiger partial charge is 0.381 e. The summed E-state index contributed by atoms with van der Waals surface area (Å²) in [7, 11) is 2.09. The van der Waals surface area contributed by atoms with E-state index in [2.05, 4.69) is 21.9 Å². The van der Waals surface area contributed by atoms with E-state index in [1.165, 1.54) is 11.4 Å². The van der Waals surface area contributed by atoms with Crippen molar-refractivity contribution in [3.63, 3.8) is 0 Å². The molecule has 6 heteroatoms. The van der Waals surface area contributed by atoms with Gasteiger partial charge < -0.3 is 14.6 Å². The van der Waals surface area contributed by atoms with Gasteiger partial charge in [-0.3, -0.25) is 0 Å². The van der Waals surface area contributed by atoms with Crippen LogP contribution in [0.2, 0.25) is 0 Å². The minimum Gasteiger partial charge on any atom is -0.381 e. The molecule has 1 spiro atoms. The fourth-order valence-corrected chi connectivity index (χ4v) is 2.79.